The molecule has 0 bridgehead atoms. The molecule has 1 aliphatic heterocycles. The van der Waals surface area contributed by atoms with Crippen molar-refractivity contribution in [2.24, 2.45) is 10.1 Å². The number of para-hydroxylation sites is 2. The summed E-state index contributed by atoms with van der Waals surface area (Å²) in [5.74, 6) is 10.4. The minimum atomic E-state index is -0.509. The zero-order valence-electron chi connectivity index (χ0n) is 39.1. The number of nitrogens with zero attached hydrogens (tertiary/aromatic N) is 6. The minimum absolute atomic E-state index is 0.101. The summed E-state index contributed by atoms with van der Waals surface area (Å²) < 4.78 is 12.3. The fourth-order valence-corrected chi connectivity index (χ4v) is 7.55. The number of aromatic nitrogens is 3. The predicted molar refractivity (Wildman–Crippen MR) is 267 cm³/mol. The van der Waals surface area contributed by atoms with Crippen LogP contribution in [0.2, 0.25) is 5.02 Å². The average Bonchev–Trinajstić information content (AvgIpc) is 3.88. The van der Waals surface area contributed by atoms with E-state index in [1.165, 1.54) is 62.6 Å². The molecule has 4 aromatic rings. The van der Waals surface area contributed by atoms with E-state index >= 15 is 0 Å². The molecule has 13 heteroatoms. The molecule has 0 radical (unpaired) electrons. The van der Waals surface area contributed by atoms with Crippen LogP contribution in [0, 0.1) is 23.8 Å². The van der Waals surface area contributed by atoms with Crippen LogP contribution in [-0.2, 0) is 0 Å². The van der Waals surface area contributed by atoms with E-state index < -0.39 is 6.03 Å². The number of unbranched alkanes of at least 4 members (excludes halogenated alkanes) is 11. The zero-order chi connectivity index (χ0) is 46.1. The van der Waals surface area contributed by atoms with Crippen molar-refractivity contribution in [3.63, 3.8) is 0 Å². The number of urea groups is 1. The van der Waals surface area contributed by atoms with Gasteiger partial charge in [0.15, 0.2) is 17.3 Å². The summed E-state index contributed by atoms with van der Waals surface area (Å²) in [4.78, 5) is 27.2. The van der Waals surface area contributed by atoms with Crippen LogP contribution < -0.4 is 30.3 Å². The van der Waals surface area contributed by atoms with E-state index in [0.717, 1.165) is 56.6 Å². The molecule has 12 nitrogen and oxygen atoms in total. The van der Waals surface area contributed by atoms with Gasteiger partial charge in [-0.3, -0.25) is 10.6 Å². The molecule has 65 heavy (non-hydrogen) atoms. The van der Waals surface area contributed by atoms with E-state index in [1.54, 1.807) is 6.92 Å². The first-order chi connectivity index (χ1) is 31.9. The van der Waals surface area contributed by atoms with E-state index in [0.29, 0.717) is 63.9 Å². The van der Waals surface area contributed by atoms with Gasteiger partial charge in [-0.15, -0.1) is 15.0 Å². The second-order valence-corrected chi connectivity index (χ2v) is 16.7. The molecule has 0 saturated carbocycles. The second kappa shape index (κ2) is 28.2. The normalized spacial score (nSPS) is 12.6. The lowest BCUT2D eigenvalue weighted by molar-refractivity contribution is 0.246. The molecule has 2 amide bonds. The predicted octanol–water partition coefficient (Wildman–Crippen LogP) is 11.9. The first-order valence-corrected chi connectivity index (χ1v) is 24.1. The number of halogens is 1. The van der Waals surface area contributed by atoms with Gasteiger partial charge < -0.3 is 19.7 Å². The molecule has 0 saturated heterocycles. The van der Waals surface area contributed by atoms with Gasteiger partial charge in [-0.25, -0.2) is 14.8 Å². The van der Waals surface area contributed by atoms with Crippen LogP contribution in [0.15, 0.2) is 76.8 Å². The highest BCUT2D eigenvalue weighted by atomic mass is 35.5. The number of carbonyl (C=O) groups excluding carboxylic acids is 1. The Bertz CT molecular complexity index is 2290. The lowest BCUT2D eigenvalue weighted by Crippen LogP contribution is -2.27. The molecule has 346 valence electrons. The Labute approximate surface area is 392 Å². The summed E-state index contributed by atoms with van der Waals surface area (Å²) in [6.45, 7) is 13.7. The van der Waals surface area contributed by atoms with Crippen LogP contribution in [-0.4, -0.2) is 65.3 Å². The molecule has 0 aliphatic carbocycles. The Morgan fingerprint density at radius 1 is 0.831 bits per heavy atom. The van der Waals surface area contributed by atoms with Gasteiger partial charge in [0.2, 0.25) is 5.82 Å². The van der Waals surface area contributed by atoms with E-state index in [1.807, 2.05) is 73.7 Å². The molecule has 1 unspecified atom stereocenters. The number of amides is 2. The van der Waals surface area contributed by atoms with E-state index in [2.05, 4.69) is 65.4 Å². The maximum absolute atomic E-state index is 13.2. The second-order valence-electron chi connectivity index (χ2n) is 16.3. The van der Waals surface area contributed by atoms with Crippen LogP contribution in [0.3, 0.4) is 0 Å². The lowest BCUT2D eigenvalue weighted by atomic mass is 10.1. The number of hydrogen-bond donors (Lipinski definition) is 3. The SMILES string of the molecule is CC#CC#CNC(=O)Nc1cc(N(CCCC)CCCC)ccc1N=C1C(c2ccccc2Cl)=Nn2nc(C(C)CNCOc3ccccc3OCCCCCCCCCCCC)nc21. The Kier molecular flexibility index (Phi) is 21.7. The number of carbonyl (C=O) groups is 1. The number of benzene rings is 3. The third-order valence-electron chi connectivity index (χ3n) is 11.0. The number of anilines is 2. The molecule has 2 heterocycles. The Morgan fingerprint density at radius 3 is 2.18 bits per heavy atom. The van der Waals surface area contributed by atoms with Gasteiger partial charge in [0.05, 0.1) is 23.0 Å². The molecule has 3 N–H and O–H groups in total. The van der Waals surface area contributed by atoms with Crippen LogP contribution in [0.25, 0.3) is 0 Å². The lowest BCUT2D eigenvalue weighted by Gasteiger charge is -2.25. The fourth-order valence-electron chi connectivity index (χ4n) is 7.33. The monoisotopic (exact) mass is 902 g/mol. The van der Waals surface area contributed by atoms with Crippen molar-refractivity contribution in [1.82, 2.24) is 25.5 Å². The Balaban J connectivity index is 1.29. The molecule has 3 aromatic carbocycles. The molecular formula is C52H68ClN9O3. The number of hydrogen-bond acceptors (Lipinski definition) is 9. The highest BCUT2D eigenvalue weighted by molar-refractivity contribution is 6.56. The standard InChI is InChI=1S/C52H68ClN9O3/c1-6-10-14-15-16-17-18-19-20-26-36-64-46-29-23-24-30-47(46)65-39-54-38-40(5)50-58-51-49(48(59-62(51)60-50)42-27-21-22-28-43(42)53)56-44-32-31-41(61(34-12-8-3)35-13-9-4)37-45(44)57-52(63)55-33-25-11-7-2/h21-24,27-32,37,40,54H,6,8-10,12-20,26,34-36,38-39H2,1-5H3,(H2,55,57,63). The molecule has 0 spiro atoms. The first kappa shape index (κ1) is 50.2. The van der Waals surface area contributed by atoms with E-state index in [4.69, 9.17) is 41.3 Å². The van der Waals surface area contributed by atoms with Crippen LogP contribution in [0.1, 0.15) is 148 Å². The quantitative estimate of drug-likeness (QED) is 0.0224. The molecule has 1 aromatic heterocycles. The third-order valence-corrected chi connectivity index (χ3v) is 11.3. The van der Waals surface area contributed by atoms with Crippen molar-refractivity contribution in [1.29, 1.82) is 0 Å². The van der Waals surface area contributed by atoms with Gasteiger partial charge in [0.25, 0.3) is 0 Å². The molecule has 0 fully saturated rings. The molecule has 1 atom stereocenters. The van der Waals surface area contributed by atoms with Gasteiger partial charge in [-0.2, -0.15) is 0 Å². The average molecular weight is 903 g/mol. The van der Waals surface area contributed by atoms with Crippen LogP contribution in [0.4, 0.5) is 21.9 Å². The Morgan fingerprint density at radius 2 is 1.49 bits per heavy atom. The summed E-state index contributed by atoms with van der Waals surface area (Å²) in [5.41, 5.74) is 3.65. The number of aliphatic imine (C=N–C) groups is 1. The van der Waals surface area contributed by atoms with Gasteiger partial charge in [0, 0.05) is 48.8 Å². The number of ether oxygens (including phenoxy) is 2. The van der Waals surface area contributed by atoms with Crippen molar-refractivity contribution < 1.29 is 14.3 Å². The van der Waals surface area contributed by atoms with E-state index in [9.17, 15) is 4.79 Å². The van der Waals surface area contributed by atoms with Gasteiger partial charge in [0.1, 0.15) is 18.2 Å². The smallest absolute Gasteiger partial charge is 0.330 e. The molecular weight excluding hydrogens is 834 g/mol. The topological polar surface area (TPSA) is 130 Å². The van der Waals surface area contributed by atoms with Crippen LogP contribution >= 0.6 is 11.6 Å². The summed E-state index contributed by atoms with van der Waals surface area (Å²) in [6, 6.07) is 23.3. The van der Waals surface area contributed by atoms with Crippen molar-refractivity contribution in [3.05, 3.63) is 89.0 Å². The van der Waals surface area contributed by atoms with Gasteiger partial charge in [-0.05, 0) is 68.5 Å². The van der Waals surface area contributed by atoms with Crippen molar-refractivity contribution >= 4 is 46.1 Å². The van der Waals surface area contributed by atoms with E-state index in [-0.39, 0.29) is 12.6 Å². The van der Waals surface area contributed by atoms with Crippen LogP contribution in [0.5, 0.6) is 11.5 Å². The molecule has 1 aliphatic rings. The molecule has 5 rings (SSSR count). The summed E-state index contributed by atoms with van der Waals surface area (Å²) in [6.07, 6.45) is 17.1. The largest absolute Gasteiger partial charge is 0.490 e. The highest BCUT2D eigenvalue weighted by Gasteiger charge is 2.31. The third kappa shape index (κ3) is 16.0. The minimum Gasteiger partial charge on any atom is -0.490 e. The maximum Gasteiger partial charge on any atom is 0.330 e. The fraction of sp³-hybridized carbons (Fsp3) is 0.481. The maximum atomic E-state index is 13.2. The van der Waals surface area contributed by atoms with Gasteiger partial charge in [-0.1, -0.05) is 146 Å². The summed E-state index contributed by atoms with van der Waals surface area (Å²) in [5, 5.41) is 19.2. The van der Waals surface area contributed by atoms with Gasteiger partial charge >= 0.3 is 6.03 Å². The summed E-state index contributed by atoms with van der Waals surface area (Å²) >= 11 is 6.76. The van der Waals surface area contributed by atoms with Crippen molar-refractivity contribution in [2.75, 3.05) is 43.2 Å². The summed E-state index contributed by atoms with van der Waals surface area (Å²) in [7, 11) is 0. The number of rotatable bonds is 28. The number of fused-ring (bicyclic) bond motifs is 1. The zero-order valence-corrected chi connectivity index (χ0v) is 39.9. The first-order valence-electron chi connectivity index (χ1n) is 23.7. The Hall–Kier alpha value is -5.82. The van der Waals surface area contributed by atoms with Crippen molar-refractivity contribution in [3.8, 4) is 35.3 Å². The highest BCUT2D eigenvalue weighted by Crippen LogP contribution is 2.34. The van der Waals surface area contributed by atoms with Crippen molar-refractivity contribution in [2.45, 2.75) is 130 Å². The number of nitrogens with one attached hydrogen (secondary N) is 3.